The third-order valence-corrected chi connectivity index (χ3v) is 3.54. The van der Waals surface area contributed by atoms with Gasteiger partial charge in [0.1, 0.15) is 0 Å². The zero-order valence-corrected chi connectivity index (χ0v) is 12.5. The summed E-state index contributed by atoms with van der Waals surface area (Å²) in [6.07, 6.45) is 3.42. The van der Waals surface area contributed by atoms with Crippen LogP contribution in [0.5, 0.6) is 0 Å². The highest BCUT2D eigenvalue weighted by Crippen LogP contribution is 2.13. The molecule has 0 aliphatic heterocycles. The van der Waals surface area contributed by atoms with Crippen LogP contribution in [0.1, 0.15) is 48.2 Å². The molecule has 1 unspecified atom stereocenters. The van der Waals surface area contributed by atoms with Crippen LogP contribution in [0.3, 0.4) is 0 Å². The summed E-state index contributed by atoms with van der Waals surface area (Å²) in [5.74, 6) is 1.37. The topological polar surface area (TPSA) is 64.9 Å². The lowest BCUT2D eigenvalue weighted by Crippen LogP contribution is -2.22. The smallest absolute Gasteiger partial charge is 0.228 e. The van der Waals surface area contributed by atoms with Crippen LogP contribution in [-0.4, -0.2) is 16.2 Å². The normalized spacial score (nSPS) is 12.6. The molecule has 0 spiro atoms. The summed E-state index contributed by atoms with van der Waals surface area (Å²) in [6.45, 7) is 6.35. The van der Waals surface area contributed by atoms with Crippen molar-refractivity contribution in [2.45, 2.75) is 52.5 Å². The molecular weight excluding hydrogens is 250 g/mol. The highest BCUT2D eigenvalue weighted by atomic mass is 16.5. The molecule has 0 aliphatic rings. The van der Waals surface area contributed by atoms with Gasteiger partial charge in [0.15, 0.2) is 5.82 Å². The fraction of sp³-hybridized carbons (Fsp3) is 0.500. The Morgan fingerprint density at radius 1 is 1.25 bits per heavy atom. The molecule has 1 aromatic heterocycles. The van der Waals surface area contributed by atoms with E-state index in [0.717, 1.165) is 18.7 Å². The van der Waals surface area contributed by atoms with Crippen molar-refractivity contribution < 1.29 is 4.52 Å². The maximum absolute atomic E-state index is 5.99. The van der Waals surface area contributed by atoms with E-state index in [9.17, 15) is 0 Å². The summed E-state index contributed by atoms with van der Waals surface area (Å²) in [7, 11) is 0. The minimum absolute atomic E-state index is 0.106. The highest BCUT2D eigenvalue weighted by molar-refractivity contribution is 5.31. The minimum Gasteiger partial charge on any atom is -0.339 e. The highest BCUT2D eigenvalue weighted by Gasteiger charge is 2.11. The average molecular weight is 273 g/mol. The first kappa shape index (κ1) is 14.7. The molecule has 0 amide bonds. The van der Waals surface area contributed by atoms with E-state index in [4.69, 9.17) is 10.3 Å². The lowest BCUT2D eigenvalue weighted by atomic mass is 10.0. The second-order valence-electron chi connectivity index (χ2n) is 5.45. The summed E-state index contributed by atoms with van der Waals surface area (Å²) < 4.78 is 5.27. The number of hydrogen-bond acceptors (Lipinski definition) is 4. The van der Waals surface area contributed by atoms with Gasteiger partial charge in [0, 0.05) is 18.9 Å². The Morgan fingerprint density at radius 2 is 2.05 bits per heavy atom. The Morgan fingerprint density at radius 3 is 2.75 bits per heavy atom. The molecule has 1 aromatic carbocycles. The van der Waals surface area contributed by atoms with Gasteiger partial charge in [-0.3, -0.25) is 0 Å². The molecule has 1 heterocycles. The monoisotopic (exact) mass is 273 g/mol. The molecule has 2 N–H and O–H groups in total. The zero-order valence-electron chi connectivity index (χ0n) is 12.5. The van der Waals surface area contributed by atoms with Crippen molar-refractivity contribution in [2.24, 2.45) is 5.73 Å². The molecule has 0 aliphatic carbocycles. The van der Waals surface area contributed by atoms with E-state index in [1.165, 1.54) is 16.7 Å². The van der Waals surface area contributed by atoms with E-state index in [1.807, 2.05) is 0 Å². The summed E-state index contributed by atoms with van der Waals surface area (Å²) in [5.41, 5.74) is 9.78. The molecule has 0 saturated heterocycles. The summed E-state index contributed by atoms with van der Waals surface area (Å²) in [5, 5.41) is 4.04. The molecular formula is C16H23N3O. The van der Waals surface area contributed by atoms with E-state index in [2.05, 4.69) is 49.1 Å². The Balaban J connectivity index is 2.00. The maximum Gasteiger partial charge on any atom is 0.228 e. The number of rotatable bonds is 6. The number of aromatic nitrogens is 2. The summed E-state index contributed by atoms with van der Waals surface area (Å²) >= 11 is 0. The molecule has 108 valence electrons. The third kappa shape index (κ3) is 3.90. The Hall–Kier alpha value is -1.68. The SMILES string of the molecule is CCCC(N)Cc1nc(Cc2ccc(C)c(C)c2)no1. The first-order valence-corrected chi connectivity index (χ1v) is 7.21. The van der Waals surface area contributed by atoms with Gasteiger partial charge in [-0.1, -0.05) is 36.7 Å². The van der Waals surface area contributed by atoms with Crippen LogP contribution in [0, 0.1) is 13.8 Å². The van der Waals surface area contributed by atoms with Crippen LogP contribution in [0.2, 0.25) is 0 Å². The fourth-order valence-corrected chi connectivity index (χ4v) is 2.24. The van der Waals surface area contributed by atoms with Gasteiger partial charge < -0.3 is 10.3 Å². The molecule has 2 rings (SSSR count). The Bertz CT molecular complexity index is 563. The minimum atomic E-state index is 0.106. The van der Waals surface area contributed by atoms with Crippen molar-refractivity contribution in [2.75, 3.05) is 0 Å². The van der Waals surface area contributed by atoms with Crippen molar-refractivity contribution in [1.82, 2.24) is 10.1 Å². The van der Waals surface area contributed by atoms with E-state index in [-0.39, 0.29) is 6.04 Å². The van der Waals surface area contributed by atoms with Crippen LogP contribution in [-0.2, 0) is 12.8 Å². The van der Waals surface area contributed by atoms with Crippen molar-refractivity contribution in [1.29, 1.82) is 0 Å². The van der Waals surface area contributed by atoms with Crippen molar-refractivity contribution >= 4 is 0 Å². The van der Waals surface area contributed by atoms with Crippen molar-refractivity contribution in [3.05, 3.63) is 46.6 Å². The molecule has 1 atom stereocenters. The Kier molecular flexibility index (Phi) is 4.90. The molecule has 0 radical (unpaired) electrons. The lowest BCUT2D eigenvalue weighted by molar-refractivity contribution is 0.361. The molecule has 4 nitrogen and oxygen atoms in total. The van der Waals surface area contributed by atoms with Gasteiger partial charge >= 0.3 is 0 Å². The van der Waals surface area contributed by atoms with E-state index >= 15 is 0 Å². The number of nitrogens with zero attached hydrogens (tertiary/aromatic N) is 2. The molecule has 2 aromatic rings. The third-order valence-electron chi connectivity index (χ3n) is 3.54. The predicted molar refractivity (Wildman–Crippen MR) is 79.6 cm³/mol. The standard InChI is InChI=1S/C16H23N3O/c1-4-5-14(17)10-16-18-15(19-20-16)9-13-7-6-11(2)12(3)8-13/h6-8,14H,4-5,9-10,17H2,1-3H3. The molecule has 4 heteroatoms. The number of hydrogen-bond donors (Lipinski definition) is 1. The predicted octanol–water partition coefficient (Wildman–Crippen LogP) is 2.95. The van der Waals surface area contributed by atoms with Gasteiger partial charge in [0.05, 0.1) is 0 Å². The van der Waals surface area contributed by atoms with Gasteiger partial charge in [-0.2, -0.15) is 4.98 Å². The first-order valence-electron chi connectivity index (χ1n) is 7.21. The van der Waals surface area contributed by atoms with Crippen molar-refractivity contribution in [3.63, 3.8) is 0 Å². The molecule has 20 heavy (non-hydrogen) atoms. The van der Waals surface area contributed by atoms with Crippen molar-refractivity contribution in [3.8, 4) is 0 Å². The van der Waals surface area contributed by atoms with Gasteiger partial charge in [0.25, 0.3) is 0 Å². The van der Waals surface area contributed by atoms with Crippen LogP contribution in [0.15, 0.2) is 22.7 Å². The molecule has 0 fully saturated rings. The van der Waals surface area contributed by atoms with Crippen LogP contribution in [0.25, 0.3) is 0 Å². The van der Waals surface area contributed by atoms with Gasteiger partial charge in [-0.05, 0) is 37.0 Å². The molecule has 0 bridgehead atoms. The average Bonchev–Trinajstić information content (AvgIpc) is 2.81. The summed E-state index contributed by atoms with van der Waals surface area (Å²) in [6, 6.07) is 6.52. The van der Waals surface area contributed by atoms with E-state index in [1.54, 1.807) is 0 Å². The Labute approximate surface area is 120 Å². The van der Waals surface area contributed by atoms with E-state index < -0.39 is 0 Å². The largest absolute Gasteiger partial charge is 0.339 e. The number of aryl methyl sites for hydroxylation is 2. The fourth-order valence-electron chi connectivity index (χ4n) is 2.24. The van der Waals surface area contributed by atoms with E-state index in [0.29, 0.717) is 18.7 Å². The first-order chi connectivity index (χ1) is 9.58. The van der Waals surface area contributed by atoms with Gasteiger partial charge in [0.2, 0.25) is 5.89 Å². The number of benzene rings is 1. The maximum atomic E-state index is 5.99. The quantitative estimate of drug-likeness (QED) is 0.878. The van der Waals surface area contributed by atoms with Crippen LogP contribution >= 0.6 is 0 Å². The van der Waals surface area contributed by atoms with Gasteiger partial charge in [-0.25, -0.2) is 0 Å². The number of nitrogens with two attached hydrogens (primary N) is 1. The zero-order chi connectivity index (χ0) is 14.5. The van der Waals surface area contributed by atoms with Crippen LogP contribution in [0.4, 0.5) is 0 Å². The van der Waals surface area contributed by atoms with Gasteiger partial charge in [-0.15, -0.1) is 0 Å². The second-order valence-corrected chi connectivity index (χ2v) is 5.45. The van der Waals surface area contributed by atoms with Crippen LogP contribution < -0.4 is 5.73 Å². The summed E-state index contributed by atoms with van der Waals surface area (Å²) in [4.78, 5) is 4.42. The lowest BCUT2D eigenvalue weighted by Gasteiger charge is -2.05. The molecule has 0 saturated carbocycles. The second kappa shape index (κ2) is 6.66.